The number of imide groups is 1. The average molecular weight is 241 g/mol. The van der Waals surface area contributed by atoms with E-state index in [2.05, 4.69) is 10.3 Å². The van der Waals surface area contributed by atoms with Gasteiger partial charge in [0.05, 0.1) is 17.7 Å². The van der Waals surface area contributed by atoms with Crippen molar-refractivity contribution in [3.63, 3.8) is 0 Å². The normalized spacial score (nSPS) is 15.3. The molecule has 1 aromatic carbocycles. The van der Waals surface area contributed by atoms with Gasteiger partial charge in [0.25, 0.3) is 5.91 Å². The van der Waals surface area contributed by atoms with Gasteiger partial charge in [0.1, 0.15) is 0 Å². The molecule has 90 valence electrons. The Kier molecular flexibility index (Phi) is 2.26. The third-order valence-corrected chi connectivity index (χ3v) is 2.92. The number of urea groups is 1. The van der Waals surface area contributed by atoms with Gasteiger partial charge in [-0.1, -0.05) is 18.2 Å². The number of aromatic nitrogens is 1. The first-order chi connectivity index (χ1) is 8.66. The molecule has 3 rings (SSSR count). The van der Waals surface area contributed by atoms with Crippen molar-refractivity contribution in [1.29, 1.82) is 0 Å². The standard InChI is InChI=1S/C13H11N3O2/c1-8-5-6-9-3-2-4-10(12(9)15-8)16-11(17)7-14-13(16)18/h2-6H,7H2,1H3,(H,14,18). The molecule has 2 aromatic rings. The second kappa shape index (κ2) is 3.80. The van der Waals surface area contributed by atoms with Gasteiger partial charge in [0.15, 0.2) is 0 Å². The summed E-state index contributed by atoms with van der Waals surface area (Å²) in [6, 6.07) is 8.89. The molecule has 1 aromatic heterocycles. The number of anilines is 1. The number of rotatable bonds is 1. The quantitative estimate of drug-likeness (QED) is 0.771. The number of nitrogens with one attached hydrogen (secondary N) is 1. The minimum atomic E-state index is -0.393. The van der Waals surface area contributed by atoms with E-state index in [0.717, 1.165) is 16.0 Å². The molecular weight excluding hydrogens is 230 g/mol. The third-order valence-electron chi connectivity index (χ3n) is 2.92. The van der Waals surface area contributed by atoms with Gasteiger partial charge in [0.2, 0.25) is 0 Å². The van der Waals surface area contributed by atoms with Crippen molar-refractivity contribution in [2.24, 2.45) is 0 Å². The van der Waals surface area contributed by atoms with Crippen LogP contribution in [0.2, 0.25) is 0 Å². The molecule has 18 heavy (non-hydrogen) atoms. The van der Waals surface area contributed by atoms with Crippen LogP contribution in [-0.2, 0) is 4.79 Å². The van der Waals surface area contributed by atoms with Crippen molar-refractivity contribution in [3.05, 3.63) is 36.0 Å². The maximum Gasteiger partial charge on any atom is 0.329 e. The van der Waals surface area contributed by atoms with Gasteiger partial charge in [-0.2, -0.15) is 0 Å². The van der Waals surface area contributed by atoms with Gasteiger partial charge < -0.3 is 5.32 Å². The van der Waals surface area contributed by atoms with E-state index in [1.807, 2.05) is 31.2 Å². The summed E-state index contributed by atoms with van der Waals surface area (Å²) in [6.07, 6.45) is 0. The van der Waals surface area contributed by atoms with Crippen LogP contribution in [0.15, 0.2) is 30.3 Å². The molecule has 5 nitrogen and oxygen atoms in total. The van der Waals surface area contributed by atoms with Gasteiger partial charge in [-0.15, -0.1) is 0 Å². The molecule has 0 saturated carbocycles. The summed E-state index contributed by atoms with van der Waals surface area (Å²) in [6.45, 7) is 1.92. The number of carbonyl (C=O) groups excluding carboxylic acids is 2. The van der Waals surface area contributed by atoms with E-state index in [-0.39, 0.29) is 12.5 Å². The lowest BCUT2D eigenvalue weighted by atomic mass is 10.1. The molecular formula is C13H11N3O2. The first kappa shape index (κ1) is 10.7. The SMILES string of the molecule is Cc1ccc2cccc(N3C(=O)CNC3=O)c2n1. The van der Waals surface area contributed by atoms with Gasteiger partial charge >= 0.3 is 6.03 Å². The zero-order valence-electron chi connectivity index (χ0n) is 9.80. The summed E-state index contributed by atoms with van der Waals surface area (Å²) in [4.78, 5) is 29.0. The Morgan fingerprint density at radius 1 is 1.22 bits per heavy atom. The zero-order chi connectivity index (χ0) is 12.7. The second-order valence-electron chi connectivity index (χ2n) is 4.19. The highest BCUT2D eigenvalue weighted by molar-refractivity contribution is 6.22. The number of benzene rings is 1. The molecule has 1 fully saturated rings. The van der Waals surface area contributed by atoms with Crippen LogP contribution in [0.4, 0.5) is 10.5 Å². The molecule has 0 aliphatic carbocycles. The number of fused-ring (bicyclic) bond motifs is 1. The van der Waals surface area contributed by atoms with Gasteiger partial charge in [-0.3, -0.25) is 9.78 Å². The zero-order valence-corrected chi connectivity index (χ0v) is 9.80. The van der Waals surface area contributed by atoms with Crippen LogP contribution in [0, 0.1) is 6.92 Å². The topological polar surface area (TPSA) is 62.3 Å². The van der Waals surface area contributed by atoms with E-state index in [9.17, 15) is 9.59 Å². The van der Waals surface area contributed by atoms with E-state index in [0.29, 0.717) is 11.2 Å². The van der Waals surface area contributed by atoms with E-state index in [1.165, 1.54) is 0 Å². The van der Waals surface area contributed by atoms with Crippen molar-refractivity contribution in [2.75, 3.05) is 11.4 Å². The molecule has 1 N–H and O–H groups in total. The Labute approximate surface area is 103 Å². The molecule has 3 amide bonds. The highest BCUT2D eigenvalue weighted by atomic mass is 16.2. The second-order valence-corrected chi connectivity index (χ2v) is 4.19. The van der Waals surface area contributed by atoms with E-state index in [1.54, 1.807) is 6.07 Å². The van der Waals surface area contributed by atoms with Gasteiger partial charge in [-0.05, 0) is 19.1 Å². The molecule has 0 atom stereocenters. The lowest BCUT2D eigenvalue weighted by Crippen LogP contribution is -2.30. The maximum absolute atomic E-state index is 11.7. The summed E-state index contributed by atoms with van der Waals surface area (Å²) in [5.41, 5.74) is 2.06. The first-order valence-electron chi connectivity index (χ1n) is 5.64. The van der Waals surface area contributed by atoms with Crippen molar-refractivity contribution in [1.82, 2.24) is 10.3 Å². The Morgan fingerprint density at radius 3 is 2.78 bits per heavy atom. The predicted molar refractivity (Wildman–Crippen MR) is 67.4 cm³/mol. The summed E-state index contributed by atoms with van der Waals surface area (Å²) >= 11 is 0. The summed E-state index contributed by atoms with van der Waals surface area (Å²) < 4.78 is 0. The number of hydrogen-bond donors (Lipinski definition) is 1. The number of nitrogens with zero attached hydrogens (tertiary/aromatic N) is 2. The number of pyridine rings is 1. The summed E-state index contributed by atoms with van der Waals surface area (Å²) in [7, 11) is 0. The number of amides is 3. The van der Waals surface area contributed by atoms with Crippen molar-refractivity contribution < 1.29 is 9.59 Å². The molecule has 5 heteroatoms. The fourth-order valence-electron chi connectivity index (χ4n) is 2.08. The lowest BCUT2D eigenvalue weighted by Gasteiger charge is -2.14. The minimum Gasteiger partial charge on any atom is -0.328 e. The van der Waals surface area contributed by atoms with Crippen molar-refractivity contribution in [3.8, 4) is 0 Å². The van der Waals surface area contributed by atoms with Crippen molar-refractivity contribution >= 4 is 28.5 Å². The smallest absolute Gasteiger partial charge is 0.328 e. The number of para-hydroxylation sites is 1. The Hall–Kier alpha value is -2.43. The molecule has 1 aliphatic rings. The van der Waals surface area contributed by atoms with Crippen LogP contribution >= 0.6 is 0 Å². The Morgan fingerprint density at radius 2 is 2.06 bits per heavy atom. The fourth-order valence-corrected chi connectivity index (χ4v) is 2.08. The largest absolute Gasteiger partial charge is 0.329 e. The van der Waals surface area contributed by atoms with E-state index < -0.39 is 6.03 Å². The van der Waals surface area contributed by atoms with Crippen LogP contribution in [0.25, 0.3) is 10.9 Å². The maximum atomic E-state index is 11.7. The number of carbonyl (C=O) groups is 2. The van der Waals surface area contributed by atoms with Crippen molar-refractivity contribution in [2.45, 2.75) is 6.92 Å². The van der Waals surface area contributed by atoms with Crippen LogP contribution in [0.5, 0.6) is 0 Å². The molecule has 0 bridgehead atoms. The number of aryl methyl sites for hydroxylation is 1. The van der Waals surface area contributed by atoms with Crippen LogP contribution in [0.1, 0.15) is 5.69 Å². The van der Waals surface area contributed by atoms with Gasteiger partial charge in [-0.25, -0.2) is 9.69 Å². The highest BCUT2D eigenvalue weighted by Crippen LogP contribution is 2.26. The average Bonchev–Trinajstić information content (AvgIpc) is 2.68. The van der Waals surface area contributed by atoms with E-state index >= 15 is 0 Å². The molecule has 1 aliphatic heterocycles. The predicted octanol–water partition coefficient (Wildman–Crippen LogP) is 1.60. The molecule has 0 unspecified atom stereocenters. The highest BCUT2D eigenvalue weighted by Gasteiger charge is 2.31. The van der Waals surface area contributed by atoms with Crippen LogP contribution in [0.3, 0.4) is 0 Å². The van der Waals surface area contributed by atoms with E-state index in [4.69, 9.17) is 0 Å². The summed E-state index contributed by atoms with van der Waals surface area (Å²) in [5, 5.41) is 3.41. The summed E-state index contributed by atoms with van der Waals surface area (Å²) in [5.74, 6) is -0.254. The molecule has 2 heterocycles. The molecule has 0 spiro atoms. The van der Waals surface area contributed by atoms with Gasteiger partial charge in [0, 0.05) is 11.1 Å². The van der Waals surface area contributed by atoms with Crippen LogP contribution < -0.4 is 10.2 Å². The molecule has 0 radical (unpaired) electrons. The Bertz CT molecular complexity index is 650. The van der Waals surface area contributed by atoms with Crippen LogP contribution in [-0.4, -0.2) is 23.5 Å². The lowest BCUT2D eigenvalue weighted by molar-refractivity contribution is -0.115. The molecule has 1 saturated heterocycles. The Balaban J connectivity index is 2.25. The number of hydrogen-bond acceptors (Lipinski definition) is 3. The fraction of sp³-hybridized carbons (Fsp3) is 0.154. The minimum absolute atomic E-state index is 0.0427. The third kappa shape index (κ3) is 1.52. The first-order valence-corrected chi connectivity index (χ1v) is 5.64. The monoisotopic (exact) mass is 241 g/mol.